The summed E-state index contributed by atoms with van der Waals surface area (Å²) < 4.78 is 11.0. The predicted molar refractivity (Wildman–Crippen MR) is 211 cm³/mol. The summed E-state index contributed by atoms with van der Waals surface area (Å²) in [7, 11) is 0. The highest BCUT2D eigenvalue weighted by Crippen LogP contribution is 2.39. The number of ketones is 1. The van der Waals surface area contributed by atoms with Crippen LogP contribution in [0.4, 0.5) is 0 Å². The fourth-order valence-corrected chi connectivity index (χ4v) is 8.45. The third kappa shape index (κ3) is 9.79. The zero-order chi connectivity index (χ0) is 38.0. The maximum atomic E-state index is 13.3. The van der Waals surface area contributed by atoms with Gasteiger partial charge in [-0.2, -0.15) is 0 Å². The molecule has 2 fully saturated rings. The first-order chi connectivity index (χ1) is 26.2. The van der Waals surface area contributed by atoms with Crippen molar-refractivity contribution in [1.82, 2.24) is 0 Å². The predicted octanol–water partition coefficient (Wildman–Crippen LogP) is 11.7. The number of phenolic OH excluding ortho intramolecular Hbond substituents is 2. The van der Waals surface area contributed by atoms with Crippen molar-refractivity contribution >= 4 is 17.7 Å². The molecule has 0 saturated heterocycles. The maximum Gasteiger partial charge on any atom is 0.343 e. The summed E-state index contributed by atoms with van der Waals surface area (Å²) in [6.45, 7) is 4.49. The van der Waals surface area contributed by atoms with E-state index >= 15 is 0 Å². The summed E-state index contributed by atoms with van der Waals surface area (Å²) >= 11 is 0. The van der Waals surface area contributed by atoms with Gasteiger partial charge in [-0.25, -0.2) is 9.59 Å². The highest BCUT2D eigenvalue weighted by molar-refractivity contribution is 6.12. The highest BCUT2D eigenvalue weighted by atomic mass is 16.5. The average Bonchev–Trinajstić information content (AvgIpc) is 3.19. The van der Waals surface area contributed by atoms with Gasteiger partial charge in [-0.15, -0.1) is 0 Å². The number of carbonyl (C=O) groups is 3. The van der Waals surface area contributed by atoms with Gasteiger partial charge in [0.25, 0.3) is 0 Å². The van der Waals surface area contributed by atoms with Crippen LogP contribution in [0.5, 0.6) is 23.0 Å². The molecule has 0 spiro atoms. The standard InChI is InChI=1S/C47H54O7/c1-3-5-6-8-32-11-15-34(16-12-32)36-19-23-38(24-20-36)47(52)54-40-26-28-42(44(49)30-40)45(50)41-27-25-39(29-43(41)48)53-46(51)37-21-17-35(18-22-37)33-13-9-31(7-4-2)10-14-33/h17-34,48-49H,3-16H2,1-2H3/t31-,32-,33-,34-. The van der Waals surface area contributed by atoms with Crippen LogP contribution >= 0.6 is 0 Å². The van der Waals surface area contributed by atoms with Crippen LogP contribution in [0.15, 0.2) is 84.9 Å². The summed E-state index contributed by atoms with van der Waals surface area (Å²) in [6, 6.07) is 23.0. The van der Waals surface area contributed by atoms with E-state index in [1.165, 1.54) is 137 Å². The number of unbranched alkanes of at least 4 members (excludes halogenated alkanes) is 2. The van der Waals surface area contributed by atoms with Crippen LogP contribution in [0, 0.1) is 11.8 Å². The first-order valence-electron chi connectivity index (χ1n) is 20.1. The van der Waals surface area contributed by atoms with Crippen LogP contribution < -0.4 is 9.47 Å². The molecule has 7 heteroatoms. The van der Waals surface area contributed by atoms with E-state index in [-0.39, 0.29) is 22.6 Å². The van der Waals surface area contributed by atoms with Crippen LogP contribution in [0.1, 0.15) is 163 Å². The number of carbonyl (C=O) groups excluding carboxylic acids is 3. The van der Waals surface area contributed by atoms with Crippen molar-refractivity contribution in [2.45, 2.75) is 116 Å². The molecule has 0 aliphatic heterocycles. The fourth-order valence-electron chi connectivity index (χ4n) is 8.45. The molecule has 0 unspecified atom stereocenters. The van der Waals surface area contributed by atoms with Crippen molar-refractivity contribution in [3.8, 4) is 23.0 Å². The Bertz CT molecular complexity index is 1880. The number of esters is 2. The van der Waals surface area contributed by atoms with Gasteiger partial charge < -0.3 is 19.7 Å². The number of aromatic hydroxyl groups is 2. The van der Waals surface area contributed by atoms with Gasteiger partial charge in [0.2, 0.25) is 0 Å². The molecule has 7 nitrogen and oxygen atoms in total. The molecular formula is C47H54O7. The summed E-state index contributed by atoms with van der Waals surface area (Å²) in [4.78, 5) is 39.1. The Morgan fingerprint density at radius 1 is 0.537 bits per heavy atom. The lowest BCUT2D eigenvalue weighted by molar-refractivity contribution is 0.0724. The maximum absolute atomic E-state index is 13.3. The summed E-state index contributed by atoms with van der Waals surface area (Å²) in [5.74, 6) is 0.258. The van der Waals surface area contributed by atoms with Gasteiger partial charge >= 0.3 is 11.9 Å². The molecule has 284 valence electrons. The molecule has 0 bridgehead atoms. The number of ether oxygens (including phenoxy) is 2. The molecule has 0 atom stereocenters. The van der Waals surface area contributed by atoms with Crippen LogP contribution in [0.3, 0.4) is 0 Å². The van der Waals surface area contributed by atoms with Crippen molar-refractivity contribution in [3.05, 3.63) is 118 Å². The molecule has 2 aliphatic carbocycles. The minimum absolute atomic E-state index is 0.0806. The Hall–Kier alpha value is -4.91. The molecule has 6 rings (SSSR count). The van der Waals surface area contributed by atoms with Crippen LogP contribution in [-0.2, 0) is 0 Å². The van der Waals surface area contributed by atoms with Crippen molar-refractivity contribution < 1.29 is 34.1 Å². The van der Waals surface area contributed by atoms with E-state index in [0.717, 1.165) is 11.8 Å². The van der Waals surface area contributed by atoms with E-state index in [2.05, 4.69) is 13.8 Å². The monoisotopic (exact) mass is 730 g/mol. The fraction of sp³-hybridized carbons (Fsp3) is 0.426. The van der Waals surface area contributed by atoms with Crippen molar-refractivity contribution in [3.63, 3.8) is 0 Å². The molecule has 0 amide bonds. The van der Waals surface area contributed by atoms with E-state index < -0.39 is 29.2 Å². The minimum Gasteiger partial charge on any atom is -0.507 e. The van der Waals surface area contributed by atoms with Crippen LogP contribution in [0.2, 0.25) is 0 Å². The van der Waals surface area contributed by atoms with Crippen molar-refractivity contribution in [2.24, 2.45) is 11.8 Å². The smallest absolute Gasteiger partial charge is 0.343 e. The average molecular weight is 731 g/mol. The molecular weight excluding hydrogens is 677 g/mol. The lowest BCUT2D eigenvalue weighted by Crippen LogP contribution is -2.14. The molecule has 2 aliphatic rings. The summed E-state index contributed by atoms with van der Waals surface area (Å²) in [6.07, 6.45) is 17.5. The van der Waals surface area contributed by atoms with Gasteiger partial charge in [-0.3, -0.25) is 4.79 Å². The zero-order valence-electron chi connectivity index (χ0n) is 31.7. The SMILES string of the molecule is CCCCC[C@H]1CC[C@H](c2ccc(C(=O)Oc3ccc(C(=O)c4ccc(OC(=O)c5ccc([C@H]6CC[C@H](CCC)CC6)cc5)cc4O)c(O)c3)cc2)CC1. The lowest BCUT2D eigenvalue weighted by Gasteiger charge is -2.29. The summed E-state index contributed by atoms with van der Waals surface area (Å²) in [5, 5.41) is 21.5. The van der Waals surface area contributed by atoms with Crippen LogP contribution in [-0.4, -0.2) is 27.9 Å². The van der Waals surface area contributed by atoms with Gasteiger partial charge in [0.15, 0.2) is 5.78 Å². The third-order valence-corrected chi connectivity index (χ3v) is 11.7. The molecule has 0 aromatic heterocycles. The van der Waals surface area contributed by atoms with E-state index in [0.29, 0.717) is 23.0 Å². The van der Waals surface area contributed by atoms with E-state index in [1.807, 2.05) is 24.3 Å². The second-order valence-electron chi connectivity index (χ2n) is 15.4. The molecule has 4 aromatic rings. The first-order valence-corrected chi connectivity index (χ1v) is 20.1. The number of phenols is 2. The molecule has 54 heavy (non-hydrogen) atoms. The largest absolute Gasteiger partial charge is 0.507 e. The zero-order valence-corrected chi connectivity index (χ0v) is 31.7. The topological polar surface area (TPSA) is 110 Å². The molecule has 0 radical (unpaired) electrons. The Labute approximate surface area is 319 Å². The van der Waals surface area contributed by atoms with Gasteiger partial charge in [0.1, 0.15) is 23.0 Å². The van der Waals surface area contributed by atoms with Gasteiger partial charge in [0.05, 0.1) is 22.3 Å². The molecule has 0 heterocycles. The lowest BCUT2D eigenvalue weighted by atomic mass is 9.77. The number of hydrogen-bond acceptors (Lipinski definition) is 7. The quantitative estimate of drug-likeness (QED) is 0.0575. The van der Waals surface area contributed by atoms with Crippen LogP contribution in [0.25, 0.3) is 0 Å². The van der Waals surface area contributed by atoms with Gasteiger partial charge in [-0.1, -0.05) is 76.6 Å². The van der Waals surface area contributed by atoms with Gasteiger partial charge in [0, 0.05) is 12.1 Å². The molecule has 4 aromatic carbocycles. The van der Waals surface area contributed by atoms with E-state index in [1.54, 1.807) is 24.3 Å². The number of rotatable bonds is 14. The van der Waals surface area contributed by atoms with Gasteiger partial charge in [-0.05, 0) is 135 Å². The third-order valence-electron chi connectivity index (χ3n) is 11.7. The second-order valence-corrected chi connectivity index (χ2v) is 15.4. The molecule has 2 N–H and O–H groups in total. The Kier molecular flexibility index (Phi) is 13.2. The summed E-state index contributed by atoms with van der Waals surface area (Å²) in [5.41, 5.74) is 3.10. The molecule has 2 saturated carbocycles. The Morgan fingerprint density at radius 2 is 0.963 bits per heavy atom. The second kappa shape index (κ2) is 18.4. The van der Waals surface area contributed by atoms with Crippen molar-refractivity contribution in [1.29, 1.82) is 0 Å². The Balaban J connectivity index is 1.01. The number of benzene rings is 4. The number of hydrogen-bond donors (Lipinski definition) is 2. The van der Waals surface area contributed by atoms with E-state index in [9.17, 15) is 24.6 Å². The minimum atomic E-state index is -0.648. The van der Waals surface area contributed by atoms with E-state index in [4.69, 9.17) is 9.47 Å². The Morgan fingerprint density at radius 3 is 1.35 bits per heavy atom. The van der Waals surface area contributed by atoms with Crippen molar-refractivity contribution in [2.75, 3.05) is 0 Å². The normalized spacial score (nSPS) is 19.9. The highest BCUT2D eigenvalue weighted by Gasteiger charge is 2.25. The first kappa shape index (κ1) is 38.8.